The third kappa shape index (κ3) is 5.33. The van der Waals surface area contributed by atoms with E-state index in [1.807, 2.05) is 6.92 Å². The molecule has 0 aromatic carbocycles. The summed E-state index contributed by atoms with van der Waals surface area (Å²) in [7, 11) is 0. The van der Waals surface area contributed by atoms with Crippen LogP contribution in [0.15, 0.2) is 19.0 Å². The van der Waals surface area contributed by atoms with E-state index in [0.29, 0.717) is 30.0 Å². The zero-order chi connectivity index (χ0) is 19.6. The van der Waals surface area contributed by atoms with E-state index in [4.69, 9.17) is 1.37 Å². The predicted octanol–water partition coefficient (Wildman–Crippen LogP) is 5.16. The molecular formula is C19H24F2N2O. The van der Waals surface area contributed by atoms with Crippen LogP contribution in [0.4, 0.5) is 8.78 Å². The third-order valence-electron chi connectivity index (χ3n) is 3.39. The summed E-state index contributed by atoms with van der Waals surface area (Å²) in [5.41, 5.74) is 2.97. The largest absolute Gasteiger partial charge is 0.296 e. The Morgan fingerprint density at radius 1 is 1.00 bits per heavy atom. The van der Waals surface area contributed by atoms with Crippen molar-refractivity contribution in [1.82, 2.24) is 9.97 Å². The van der Waals surface area contributed by atoms with Gasteiger partial charge in [0.05, 0.1) is 5.69 Å². The number of pyridine rings is 2. The maximum atomic E-state index is 13.1. The van der Waals surface area contributed by atoms with Gasteiger partial charge in [0.2, 0.25) is 0 Å². The first kappa shape index (κ1) is 19.6. The van der Waals surface area contributed by atoms with Crippen molar-refractivity contribution in [2.75, 3.05) is 0 Å². The molecule has 2 heterocycles. The molecule has 2 rings (SSSR count). The average molecular weight is 335 g/mol. The number of halogens is 2. The van der Waals surface area contributed by atoms with Crippen molar-refractivity contribution in [2.24, 2.45) is 0 Å². The molecule has 5 heteroatoms. The second-order valence-electron chi connectivity index (χ2n) is 4.85. The van der Waals surface area contributed by atoms with E-state index in [1.165, 1.54) is 12.3 Å². The van der Waals surface area contributed by atoms with Crippen LogP contribution in [0, 0.1) is 39.3 Å². The summed E-state index contributed by atoms with van der Waals surface area (Å²) < 4.78 is 32.3. The monoisotopic (exact) mass is 335 g/mol. The van der Waals surface area contributed by atoms with Crippen molar-refractivity contribution in [2.45, 2.75) is 41.5 Å². The van der Waals surface area contributed by atoms with Gasteiger partial charge in [0, 0.05) is 13.8 Å². The van der Waals surface area contributed by atoms with Gasteiger partial charge in [-0.3, -0.25) is 14.8 Å². The van der Waals surface area contributed by atoms with Crippen molar-refractivity contribution >= 4 is 12.4 Å². The number of rotatable bonds is 2. The Labute approximate surface area is 143 Å². The van der Waals surface area contributed by atoms with Gasteiger partial charge in [-0.25, -0.2) is 8.78 Å². The number of nitrogens with zero attached hydrogens (tertiary/aromatic N) is 2. The van der Waals surface area contributed by atoms with Crippen LogP contribution in [0.25, 0.3) is 6.08 Å². The first-order valence-electron chi connectivity index (χ1n) is 8.05. The molecule has 24 heavy (non-hydrogen) atoms. The number of hydrogen-bond acceptors (Lipinski definition) is 3. The molecule has 0 amide bonds. The molecule has 2 aromatic rings. The second-order valence-corrected chi connectivity index (χ2v) is 4.85. The van der Waals surface area contributed by atoms with Gasteiger partial charge in [0.15, 0.2) is 17.9 Å². The highest BCUT2D eigenvalue weighted by Gasteiger charge is 2.07. The van der Waals surface area contributed by atoms with Crippen molar-refractivity contribution < 1.29 is 14.9 Å². The second kappa shape index (κ2) is 10.4. The summed E-state index contributed by atoms with van der Waals surface area (Å²) in [5, 5.41) is 0. The molecule has 2 aromatic heterocycles. The van der Waals surface area contributed by atoms with Crippen LogP contribution in [0.5, 0.6) is 0 Å². The quantitative estimate of drug-likeness (QED) is 0.712. The molecule has 0 aliphatic heterocycles. The zero-order valence-corrected chi connectivity index (χ0v) is 14.8. The van der Waals surface area contributed by atoms with E-state index in [0.717, 1.165) is 11.1 Å². The van der Waals surface area contributed by atoms with Gasteiger partial charge in [-0.2, -0.15) is 0 Å². The summed E-state index contributed by atoms with van der Waals surface area (Å²) in [6.07, 6.45) is 4.97. The molecule has 0 atom stereocenters. The van der Waals surface area contributed by atoms with E-state index < -0.39 is 5.82 Å². The minimum absolute atomic E-state index is 0.117. The lowest BCUT2D eigenvalue weighted by Gasteiger charge is -2.02. The fourth-order valence-electron chi connectivity index (χ4n) is 1.59. The molecule has 0 fully saturated rings. The van der Waals surface area contributed by atoms with Crippen molar-refractivity contribution in [1.29, 1.82) is 0 Å². The van der Waals surface area contributed by atoms with Crippen molar-refractivity contribution in [3.8, 4) is 0 Å². The lowest BCUT2D eigenvalue weighted by Crippen LogP contribution is -1.97. The maximum absolute atomic E-state index is 13.1. The van der Waals surface area contributed by atoms with Crippen molar-refractivity contribution in [3.05, 3.63) is 64.2 Å². The van der Waals surface area contributed by atoms with Crippen molar-refractivity contribution in [3.63, 3.8) is 0 Å². The number of aryl methyl sites for hydroxylation is 2. The lowest BCUT2D eigenvalue weighted by atomic mass is 10.1. The highest BCUT2D eigenvalue weighted by atomic mass is 19.1. The molecule has 0 radical (unpaired) electrons. The Bertz CT molecular complexity index is 672. The lowest BCUT2D eigenvalue weighted by molar-refractivity contribution is 0.111. The number of hydrogen-bond donors (Lipinski definition) is 0. The Hall–Kier alpha value is -2.43. The minimum Gasteiger partial charge on any atom is -0.296 e. The first-order valence-corrected chi connectivity index (χ1v) is 7.35. The molecule has 0 aliphatic rings. The molecular weight excluding hydrogens is 310 g/mol. The molecule has 130 valence electrons. The molecule has 0 spiro atoms. The van der Waals surface area contributed by atoms with Gasteiger partial charge >= 0.3 is 0 Å². The number of aromatic nitrogens is 2. The summed E-state index contributed by atoms with van der Waals surface area (Å²) in [6, 6.07) is 0. The van der Waals surface area contributed by atoms with Crippen LogP contribution < -0.4 is 0 Å². The number of carbonyl (C=O) groups excluding carboxylic acids is 1. The van der Waals surface area contributed by atoms with Crippen LogP contribution in [-0.4, -0.2) is 16.3 Å². The maximum Gasteiger partial charge on any atom is 0.171 e. The molecule has 3 nitrogen and oxygen atoms in total. The van der Waals surface area contributed by atoms with E-state index in [-0.39, 0.29) is 11.5 Å². The topological polar surface area (TPSA) is 42.9 Å². The summed E-state index contributed by atoms with van der Waals surface area (Å²) in [5.74, 6) is -0.778. The van der Waals surface area contributed by atoms with E-state index in [1.54, 1.807) is 33.9 Å². The van der Waals surface area contributed by atoms with Crippen LogP contribution in [0.1, 0.15) is 53.6 Å². The standard InChI is InChI=1S/C9H10FN.C8H8FNO.C2H6/c1-4-8-9(10)7(3)6(2)5-11-8;1-5-3-10-7(4-11)8(9)6(5)2;1-2/h4-5H,1H2,2-3H3;3-4H,1-2H3;1-2H3/i;;1D. The van der Waals surface area contributed by atoms with Crippen LogP contribution in [0.2, 0.25) is 0 Å². The van der Waals surface area contributed by atoms with Gasteiger partial charge in [0.25, 0.3) is 0 Å². The molecule has 0 bridgehead atoms. The summed E-state index contributed by atoms with van der Waals surface area (Å²) in [6.45, 7) is 12.7. The zero-order valence-electron chi connectivity index (χ0n) is 15.8. The van der Waals surface area contributed by atoms with E-state index in [2.05, 4.69) is 16.5 Å². The van der Waals surface area contributed by atoms with Crippen LogP contribution >= 0.6 is 0 Å². The van der Waals surface area contributed by atoms with Gasteiger partial charge in [0.1, 0.15) is 5.69 Å². The Balaban J connectivity index is 0.000000399. The van der Waals surface area contributed by atoms with E-state index >= 15 is 0 Å². The smallest absolute Gasteiger partial charge is 0.171 e. The molecule has 0 saturated carbocycles. The van der Waals surface area contributed by atoms with Gasteiger partial charge < -0.3 is 0 Å². The molecule has 0 aliphatic carbocycles. The number of carbonyl (C=O) groups is 1. The highest BCUT2D eigenvalue weighted by Crippen LogP contribution is 2.14. The third-order valence-corrected chi connectivity index (χ3v) is 3.39. The number of aldehydes is 1. The molecule has 0 saturated heterocycles. The van der Waals surface area contributed by atoms with Crippen LogP contribution in [-0.2, 0) is 0 Å². The molecule has 0 N–H and O–H groups in total. The SMILES string of the molecule is C=Cc1ncc(C)c(C)c1F.Cc1cnc(C=O)c(F)c1C.[2H]CC. The predicted molar refractivity (Wildman–Crippen MR) is 94.2 cm³/mol. The van der Waals surface area contributed by atoms with Gasteiger partial charge in [-0.1, -0.05) is 20.4 Å². The van der Waals surface area contributed by atoms with Gasteiger partial charge in [-0.05, 0) is 56.0 Å². The van der Waals surface area contributed by atoms with Crippen LogP contribution in [0.3, 0.4) is 0 Å². The minimum atomic E-state index is -0.514. The average Bonchev–Trinajstić information content (AvgIpc) is 2.59. The van der Waals surface area contributed by atoms with E-state index in [9.17, 15) is 13.6 Å². The summed E-state index contributed by atoms with van der Waals surface area (Å²) in [4.78, 5) is 17.7. The first-order chi connectivity index (χ1) is 11.7. The fraction of sp³-hybridized carbons (Fsp3) is 0.316. The Morgan fingerprint density at radius 2 is 1.38 bits per heavy atom. The fourth-order valence-corrected chi connectivity index (χ4v) is 1.59. The normalized spacial score (nSPS) is 9.71. The van der Waals surface area contributed by atoms with Gasteiger partial charge in [-0.15, -0.1) is 0 Å². The molecule has 0 unspecified atom stereocenters. The summed E-state index contributed by atoms with van der Waals surface area (Å²) >= 11 is 0. The Morgan fingerprint density at radius 3 is 1.75 bits per heavy atom. The highest BCUT2D eigenvalue weighted by molar-refractivity contribution is 5.72. The Kier molecular flexibility index (Phi) is 8.47.